The van der Waals surface area contributed by atoms with Gasteiger partial charge >= 0.3 is 0 Å². The van der Waals surface area contributed by atoms with E-state index in [1.54, 1.807) is 61.7 Å². The van der Waals surface area contributed by atoms with Gasteiger partial charge in [-0.3, -0.25) is 9.59 Å². The van der Waals surface area contributed by atoms with E-state index in [4.69, 9.17) is 26.1 Å². The Morgan fingerprint density at radius 1 is 1.02 bits per heavy atom. The Balaban J connectivity index is 1.51. The number of para-hydroxylation sites is 2. The van der Waals surface area contributed by atoms with Crippen LogP contribution in [0.2, 0.25) is 5.02 Å². The SMILES string of the molecule is COc1cc(C)c(-c2nc3ccccc3c(=O)n2N=Cc2ccccc2OCC(=O)Nc2ccc(Cl)cc2)cc1C(C)C. The monoisotopic (exact) mass is 594 g/mol. The second-order valence-electron chi connectivity index (χ2n) is 10.3. The Morgan fingerprint density at radius 3 is 2.49 bits per heavy atom. The summed E-state index contributed by atoms with van der Waals surface area (Å²) < 4.78 is 12.8. The van der Waals surface area contributed by atoms with E-state index in [0.29, 0.717) is 38.8 Å². The van der Waals surface area contributed by atoms with Gasteiger partial charge in [0, 0.05) is 21.8 Å². The van der Waals surface area contributed by atoms with Crippen LogP contribution in [0.25, 0.3) is 22.3 Å². The van der Waals surface area contributed by atoms with Gasteiger partial charge in [0.25, 0.3) is 11.5 Å². The van der Waals surface area contributed by atoms with Gasteiger partial charge in [0.1, 0.15) is 11.5 Å². The number of methoxy groups -OCH3 is 1. The molecule has 1 amide bonds. The minimum atomic E-state index is -0.331. The molecular formula is C34H31ClN4O4. The summed E-state index contributed by atoms with van der Waals surface area (Å²) in [7, 11) is 1.65. The van der Waals surface area contributed by atoms with E-state index in [0.717, 1.165) is 22.4 Å². The number of halogens is 1. The van der Waals surface area contributed by atoms with Crippen LogP contribution in [0.3, 0.4) is 0 Å². The first-order valence-corrected chi connectivity index (χ1v) is 14.1. The van der Waals surface area contributed by atoms with Crippen LogP contribution < -0.4 is 20.3 Å². The summed E-state index contributed by atoms with van der Waals surface area (Å²) in [6.07, 6.45) is 1.54. The van der Waals surface area contributed by atoms with Crippen LogP contribution in [0.15, 0.2) is 94.8 Å². The van der Waals surface area contributed by atoms with Crippen molar-refractivity contribution in [1.82, 2.24) is 9.66 Å². The number of rotatable bonds is 9. The Hall–Kier alpha value is -4.95. The zero-order valence-electron chi connectivity index (χ0n) is 24.3. The highest BCUT2D eigenvalue weighted by atomic mass is 35.5. The first kappa shape index (κ1) is 29.5. The zero-order chi connectivity index (χ0) is 30.5. The Kier molecular flexibility index (Phi) is 8.87. The molecule has 4 aromatic carbocycles. The molecule has 1 aromatic heterocycles. The van der Waals surface area contributed by atoms with Crippen molar-refractivity contribution >= 4 is 40.3 Å². The molecule has 0 radical (unpaired) electrons. The summed E-state index contributed by atoms with van der Waals surface area (Å²) in [6.45, 7) is 5.90. The number of hydrogen-bond acceptors (Lipinski definition) is 6. The maximum atomic E-state index is 13.8. The van der Waals surface area contributed by atoms with Crippen LogP contribution in [-0.2, 0) is 4.79 Å². The van der Waals surface area contributed by atoms with Crippen LogP contribution in [0.5, 0.6) is 11.5 Å². The topological polar surface area (TPSA) is 94.8 Å². The average Bonchev–Trinajstić information content (AvgIpc) is 3.00. The highest BCUT2D eigenvalue weighted by Crippen LogP contribution is 2.34. The molecule has 0 atom stereocenters. The van der Waals surface area contributed by atoms with Gasteiger partial charge in [-0.15, -0.1) is 0 Å². The van der Waals surface area contributed by atoms with Crippen LogP contribution in [0.4, 0.5) is 5.69 Å². The van der Waals surface area contributed by atoms with Gasteiger partial charge in [0.15, 0.2) is 12.4 Å². The first-order chi connectivity index (χ1) is 20.7. The number of benzene rings is 4. The van der Waals surface area contributed by atoms with Gasteiger partial charge in [0.05, 0.1) is 24.2 Å². The number of nitrogens with one attached hydrogen (secondary N) is 1. The third kappa shape index (κ3) is 6.60. The molecule has 0 unspecified atom stereocenters. The summed E-state index contributed by atoms with van der Waals surface area (Å²) in [5.74, 6) is 1.47. The minimum absolute atomic E-state index is 0.180. The van der Waals surface area contributed by atoms with E-state index in [1.165, 1.54) is 10.9 Å². The van der Waals surface area contributed by atoms with Crippen LogP contribution in [0.1, 0.15) is 36.5 Å². The molecule has 1 heterocycles. The maximum Gasteiger partial charge on any atom is 0.282 e. The number of carbonyl (C=O) groups is 1. The van der Waals surface area contributed by atoms with Crippen molar-refractivity contribution in [2.75, 3.05) is 19.0 Å². The molecular weight excluding hydrogens is 564 g/mol. The summed E-state index contributed by atoms with van der Waals surface area (Å²) >= 11 is 5.92. The van der Waals surface area contributed by atoms with Crippen molar-refractivity contribution < 1.29 is 14.3 Å². The second kappa shape index (κ2) is 12.9. The third-order valence-corrected chi connectivity index (χ3v) is 7.16. The molecule has 5 aromatic rings. The quantitative estimate of drug-likeness (QED) is 0.184. The number of nitrogens with zero attached hydrogens (tertiary/aromatic N) is 3. The molecule has 9 heteroatoms. The highest BCUT2D eigenvalue weighted by molar-refractivity contribution is 6.30. The maximum absolute atomic E-state index is 13.8. The molecule has 0 saturated heterocycles. The van der Waals surface area contributed by atoms with Crippen molar-refractivity contribution in [3.05, 3.63) is 117 Å². The lowest BCUT2D eigenvalue weighted by Gasteiger charge is -2.17. The lowest BCUT2D eigenvalue weighted by Crippen LogP contribution is -2.21. The summed E-state index contributed by atoms with van der Waals surface area (Å²) in [4.78, 5) is 31.2. The van der Waals surface area contributed by atoms with Crippen LogP contribution >= 0.6 is 11.6 Å². The predicted molar refractivity (Wildman–Crippen MR) is 172 cm³/mol. The van der Waals surface area contributed by atoms with Gasteiger partial charge in [-0.2, -0.15) is 9.78 Å². The second-order valence-corrected chi connectivity index (χ2v) is 10.7. The summed E-state index contributed by atoms with van der Waals surface area (Å²) in [5.41, 5.74) is 4.12. The fourth-order valence-electron chi connectivity index (χ4n) is 4.68. The van der Waals surface area contributed by atoms with E-state index < -0.39 is 0 Å². The number of amides is 1. The molecule has 8 nitrogen and oxygen atoms in total. The molecule has 0 aliphatic rings. The molecule has 0 spiro atoms. The molecule has 218 valence electrons. The summed E-state index contributed by atoms with van der Waals surface area (Å²) in [6, 6.07) is 25.1. The van der Waals surface area contributed by atoms with Gasteiger partial charge in [-0.25, -0.2) is 4.98 Å². The minimum Gasteiger partial charge on any atom is -0.496 e. The fourth-order valence-corrected chi connectivity index (χ4v) is 4.81. The number of anilines is 1. The molecule has 0 aliphatic carbocycles. The number of carbonyl (C=O) groups excluding carboxylic acids is 1. The first-order valence-electron chi connectivity index (χ1n) is 13.8. The van der Waals surface area contributed by atoms with Gasteiger partial charge in [-0.05, 0) is 84.6 Å². The molecule has 0 bridgehead atoms. The standard InChI is InChI=1S/C34H31ClN4O4/c1-21(2)27-18-28(22(3)17-31(27)42-4)33-38-29-11-7-6-10-26(29)34(41)39(33)36-19-23-9-5-8-12-30(23)43-20-32(40)37-25-15-13-24(35)14-16-25/h5-19,21H,20H2,1-4H3,(H,37,40). The predicted octanol–water partition coefficient (Wildman–Crippen LogP) is 7.06. The molecule has 1 N–H and O–H groups in total. The van der Waals surface area contributed by atoms with Crippen LogP contribution in [-0.4, -0.2) is 35.5 Å². The molecule has 0 fully saturated rings. The number of aromatic nitrogens is 2. The number of fused-ring (bicyclic) bond motifs is 1. The lowest BCUT2D eigenvalue weighted by atomic mass is 9.96. The van der Waals surface area contributed by atoms with Crippen molar-refractivity contribution in [3.63, 3.8) is 0 Å². The van der Waals surface area contributed by atoms with E-state index in [2.05, 4.69) is 24.3 Å². The van der Waals surface area contributed by atoms with Gasteiger partial charge in [0.2, 0.25) is 0 Å². The Bertz CT molecular complexity index is 1880. The zero-order valence-corrected chi connectivity index (χ0v) is 25.1. The Morgan fingerprint density at radius 2 is 1.74 bits per heavy atom. The van der Waals surface area contributed by atoms with E-state index in [1.807, 2.05) is 37.3 Å². The summed E-state index contributed by atoms with van der Waals surface area (Å²) in [5, 5.41) is 8.41. The van der Waals surface area contributed by atoms with Crippen molar-refractivity contribution in [3.8, 4) is 22.9 Å². The van der Waals surface area contributed by atoms with Gasteiger partial charge < -0.3 is 14.8 Å². The average molecular weight is 595 g/mol. The van der Waals surface area contributed by atoms with Crippen molar-refractivity contribution in [2.24, 2.45) is 5.10 Å². The third-order valence-electron chi connectivity index (χ3n) is 6.91. The molecule has 43 heavy (non-hydrogen) atoms. The van der Waals surface area contributed by atoms with Crippen LogP contribution in [0, 0.1) is 6.92 Å². The highest BCUT2D eigenvalue weighted by Gasteiger charge is 2.18. The van der Waals surface area contributed by atoms with E-state index in [-0.39, 0.29) is 24.0 Å². The van der Waals surface area contributed by atoms with E-state index >= 15 is 0 Å². The largest absolute Gasteiger partial charge is 0.496 e. The molecule has 0 aliphatic heterocycles. The fraction of sp³-hybridized carbons (Fsp3) is 0.176. The number of ether oxygens (including phenoxy) is 2. The Labute approximate surface area is 254 Å². The molecule has 0 saturated carbocycles. The van der Waals surface area contributed by atoms with Crippen molar-refractivity contribution in [2.45, 2.75) is 26.7 Å². The van der Waals surface area contributed by atoms with Crippen molar-refractivity contribution in [1.29, 1.82) is 0 Å². The normalized spacial score (nSPS) is 11.3. The number of aryl methyl sites for hydroxylation is 1. The lowest BCUT2D eigenvalue weighted by molar-refractivity contribution is -0.118. The smallest absolute Gasteiger partial charge is 0.282 e. The number of hydrogen-bond donors (Lipinski definition) is 1. The molecule has 5 rings (SSSR count). The van der Waals surface area contributed by atoms with E-state index in [9.17, 15) is 9.59 Å². The van der Waals surface area contributed by atoms with Gasteiger partial charge in [-0.1, -0.05) is 49.7 Å².